The predicted octanol–water partition coefficient (Wildman–Crippen LogP) is 6.32. The molecule has 2 heterocycles. The summed E-state index contributed by atoms with van der Waals surface area (Å²) in [6.45, 7) is 16.5. The molecule has 2 aliphatic heterocycles. The minimum absolute atomic E-state index is 0.00274. The maximum Gasteiger partial charge on any atom is 0.308 e. The van der Waals surface area contributed by atoms with E-state index < -0.39 is 36.7 Å². The van der Waals surface area contributed by atoms with E-state index in [2.05, 4.69) is 39.8 Å². The Hall–Kier alpha value is -1.82. The molecular formula is C38H64BNO8. The van der Waals surface area contributed by atoms with E-state index in [0.29, 0.717) is 25.9 Å². The molecule has 0 amide bonds. The number of cyclic esters (lactones) is 1. The van der Waals surface area contributed by atoms with E-state index in [-0.39, 0.29) is 59.9 Å². The van der Waals surface area contributed by atoms with Gasteiger partial charge in [0.25, 0.3) is 0 Å². The zero-order chi connectivity index (χ0) is 36.1. The van der Waals surface area contributed by atoms with Gasteiger partial charge in [-0.05, 0) is 71.4 Å². The molecule has 272 valence electrons. The van der Waals surface area contributed by atoms with Gasteiger partial charge in [-0.25, -0.2) is 0 Å². The van der Waals surface area contributed by atoms with Crippen LogP contribution in [0.4, 0.5) is 0 Å². The van der Waals surface area contributed by atoms with Crippen LogP contribution in [0.3, 0.4) is 0 Å². The van der Waals surface area contributed by atoms with Crippen molar-refractivity contribution in [3.8, 4) is 0 Å². The minimum Gasteiger partial charge on any atom is -0.462 e. The number of carbonyl (C=O) groups is 2. The summed E-state index contributed by atoms with van der Waals surface area (Å²) < 4.78 is 37.5. The number of ether oxygens (including phenoxy) is 6. The topological polar surface area (TPSA) is 92.8 Å². The molecular weight excluding hydrogens is 609 g/mol. The Morgan fingerprint density at radius 3 is 2.29 bits per heavy atom. The number of methoxy groups -OCH3 is 2. The number of hydrogen-bond donors (Lipinski definition) is 0. The van der Waals surface area contributed by atoms with Gasteiger partial charge in [-0.2, -0.15) is 0 Å². The Balaban J connectivity index is 2.72. The van der Waals surface area contributed by atoms with Gasteiger partial charge in [-0.1, -0.05) is 64.5 Å². The summed E-state index contributed by atoms with van der Waals surface area (Å²) >= 11 is 0. The highest BCUT2D eigenvalue weighted by Gasteiger charge is 2.45. The summed E-state index contributed by atoms with van der Waals surface area (Å²) in [5, 5.41) is 0. The lowest BCUT2D eigenvalue weighted by molar-refractivity contribution is -0.280. The lowest BCUT2D eigenvalue weighted by Gasteiger charge is -2.48. The van der Waals surface area contributed by atoms with E-state index in [1.54, 1.807) is 26.4 Å². The molecule has 0 spiro atoms. The summed E-state index contributed by atoms with van der Waals surface area (Å²) in [4.78, 5) is 29.4. The van der Waals surface area contributed by atoms with Crippen molar-refractivity contribution in [2.45, 2.75) is 130 Å². The van der Waals surface area contributed by atoms with Crippen LogP contribution in [0.25, 0.3) is 0 Å². The number of hydrogen-bond acceptors (Lipinski definition) is 9. The lowest BCUT2D eigenvalue weighted by atomic mass is 9.78. The third-order valence-corrected chi connectivity index (χ3v) is 10.3. The third-order valence-electron chi connectivity index (χ3n) is 10.3. The second-order valence-electron chi connectivity index (χ2n) is 14.2. The van der Waals surface area contributed by atoms with Crippen molar-refractivity contribution in [1.29, 1.82) is 0 Å². The van der Waals surface area contributed by atoms with Crippen molar-refractivity contribution in [3.63, 3.8) is 0 Å². The van der Waals surface area contributed by atoms with Crippen molar-refractivity contribution in [2.24, 2.45) is 29.6 Å². The Bertz CT molecular complexity index is 1070. The largest absolute Gasteiger partial charge is 0.462 e. The van der Waals surface area contributed by atoms with Crippen LogP contribution in [0, 0.1) is 29.6 Å². The molecule has 0 unspecified atom stereocenters. The SMILES string of the molecule is [B][C@H]1/C=C(C)/C=C/C(=O)[C@H](C)C[C@H](CC(OC)OC)[C@H](O[C@@H]2O[C@H](C)[C@@H](C)[C@H](N(C)C)[C@H]2C)[C@@H](C)[C@H](OC/C=C/C)CC(=O)O[C@@H]1CC. The van der Waals surface area contributed by atoms with Gasteiger partial charge < -0.3 is 33.3 Å². The molecule has 12 atom stereocenters. The first-order valence-corrected chi connectivity index (χ1v) is 17.8. The quantitative estimate of drug-likeness (QED) is 0.108. The average Bonchev–Trinajstić information content (AvgIpc) is 3.04. The van der Waals surface area contributed by atoms with Crippen LogP contribution in [0.15, 0.2) is 36.0 Å². The second-order valence-corrected chi connectivity index (χ2v) is 14.2. The van der Waals surface area contributed by atoms with Gasteiger partial charge >= 0.3 is 5.97 Å². The van der Waals surface area contributed by atoms with Gasteiger partial charge in [0.2, 0.25) is 0 Å². The van der Waals surface area contributed by atoms with Gasteiger partial charge in [-0.3, -0.25) is 9.59 Å². The Morgan fingerprint density at radius 1 is 1.04 bits per heavy atom. The van der Waals surface area contributed by atoms with E-state index in [1.807, 2.05) is 52.8 Å². The van der Waals surface area contributed by atoms with Crippen molar-refractivity contribution in [2.75, 3.05) is 34.9 Å². The molecule has 0 N–H and O–H groups in total. The first-order valence-electron chi connectivity index (χ1n) is 17.8. The normalized spacial score (nSPS) is 38.2. The molecule has 0 aromatic heterocycles. The van der Waals surface area contributed by atoms with E-state index in [0.717, 1.165) is 5.57 Å². The zero-order valence-corrected chi connectivity index (χ0v) is 31.7. The summed E-state index contributed by atoms with van der Waals surface area (Å²) in [6.07, 6.45) is 7.90. The van der Waals surface area contributed by atoms with Gasteiger partial charge in [0.05, 0.1) is 45.3 Å². The fraction of sp³-hybridized carbons (Fsp3) is 0.789. The van der Waals surface area contributed by atoms with E-state index in [1.165, 1.54) is 0 Å². The second kappa shape index (κ2) is 20.8. The predicted molar refractivity (Wildman–Crippen MR) is 191 cm³/mol. The molecule has 2 aliphatic rings. The van der Waals surface area contributed by atoms with Crippen LogP contribution in [0.5, 0.6) is 0 Å². The maximum absolute atomic E-state index is 13.6. The average molecular weight is 674 g/mol. The molecule has 10 heteroatoms. The smallest absolute Gasteiger partial charge is 0.308 e. The van der Waals surface area contributed by atoms with Crippen LogP contribution in [-0.4, -0.2) is 102 Å². The Morgan fingerprint density at radius 2 is 1.71 bits per heavy atom. The molecule has 9 nitrogen and oxygen atoms in total. The molecule has 0 aromatic rings. The van der Waals surface area contributed by atoms with Gasteiger partial charge in [0.15, 0.2) is 18.4 Å². The molecule has 1 fully saturated rings. The number of ketones is 1. The molecule has 0 bridgehead atoms. The monoisotopic (exact) mass is 673 g/mol. The van der Waals surface area contributed by atoms with Gasteiger partial charge in [0.1, 0.15) is 0 Å². The summed E-state index contributed by atoms with van der Waals surface area (Å²) in [5.41, 5.74) is 0.824. The first-order chi connectivity index (χ1) is 22.7. The number of esters is 1. The summed E-state index contributed by atoms with van der Waals surface area (Å²) in [6, 6.07) is 0.221. The van der Waals surface area contributed by atoms with E-state index >= 15 is 0 Å². The van der Waals surface area contributed by atoms with Crippen LogP contribution < -0.4 is 0 Å². The maximum atomic E-state index is 13.6. The number of carbonyl (C=O) groups excluding carboxylic acids is 2. The Labute approximate surface area is 292 Å². The van der Waals surface area contributed by atoms with Gasteiger partial charge in [0, 0.05) is 44.4 Å². The van der Waals surface area contributed by atoms with E-state index in [9.17, 15) is 9.59 Å². The third kappa shape index (κ3) is 12.2. The highest BCUT2D eigenvalue weighted by molar-refractivity contribution is 6.13. The van der Waals surface area contributed by atoms with Crippen molar-refractivity contribution in [1.82, 2.24) is 4.90 Å². The van der Waals surface area contributed by atoms with Crippen LogP contribution in [0.1, 0.15) is 81.1 Å². The first kappa shape index (κ1) is 42.4. The summed E-state index contributed by atoms with van der Waals surface area (Å²) in [5.74, 6) is -1.44. The highest BCUT2D eigenvalue weighted by atomic mass is 16.7. The molecule has 2 rings (SSSR count). The molecule has 1 saturated heterocycles. The van der Waals surface area contributed by atoms with Gasteiger partial charge in [-0.15, -0.1) is 0 Å². The summed E-state index contributed by atoms with van der Waals surface area (Å²) in [7, 11) is 13.9. The van der Waals surface area contributed by atoms with Crippen LogP contribution >= 0.6 is 0 Å². The molecule has 48 heavy (non-hydrogen) atoms. The van der Waals surface area contributed by atoms with Crippen LogP contribution in [0.2, 0.25) is 5.82 Å². The Kier molecular flexibility index (Phi) is 18.3. The molecule has 0 aliphatic carbocycles. The number of allylic oxidation sites excluding steroid dienone is 4. The van der Waals surface area contributed by atoms with Crippen molar-refractivity contribution in [3.05, 3.63) is 36.0 Å². The lowest BCUT2D eigenvalue weighted by Crippen LogP contribution is -2.56. The fourth-order valence-electron chi connectivity index (χ4n) is 7.31. The molecule has 0 saturated carbocycles. The molecule has 0 aromatic carbocycles. The fourth-order valence-corrected chi connectivity index (χ4v) is 7.31. The number of nitrogens with zero attached hydrogens (tertiary/aromatic N) is 1. The van der Waals surface area contributed by atoms with Crippen molar-refractivity contribution >= 4 is 19.6 Å². The van der Waals surface area contributed by atoms with Crippen molar-refractivity contribution < 1.29 is 38.0 Å². The minimum atomic E-state index is -0.561. The van der Waals surface area contributed by atoms with Crippen LogP contribution in [-0.2, 0) is 38.0 Å². The standard InChI is InChI=1S/C38H64BNO8/c1-13-15-18-45-33-22-34(42)47-32(14-2)30(39)19-23(3)16-17-31(41)24(4)20-29(21-35(43-11)44-12)37(26(33)6)48-38-27(7)36(40(9)10)25(5)28(8)46-38/h13,15-17,19,24-30,32-33,35-38H,14,18,20-22H2,1-12H3/b15-13+,17-16+,23-19+/t24-,25-,26+,27-,28-,29-,30+,32-,33-,36+,37-,38+/m1/s1. The zero-order valence-electron chi connectivity index (χ0n) is 31.7. The van der Waals surface area contributed by atoms with E-state index in [4.69, 9.17) is 36.3 Å². The highest BCUT2D eigenvalue weighted by Crippen LogP contribution is 2.39. The number of rotatable bonds is 11. The molecule has 2 radical (unpaired) electrons.